The van der Waals surface area contributed by atoms with E-state index in [0.29, 0.717) is 6.61 Å². The van der Waals surface area contributed by atoms with Crippen molar-refractivity contribution < 1.29 is 28.5 Å². The molecule has 6 rings (SSSR count). The molecule has 2 heterocycles. The van der Waals surface area contributed by atoms with Crippen molar-refractivity contribution in [2.24, 2.45) is 0 Å². The summed E-state index contributed by atoms with van der Waals surface area (Å²) < 4.78 is 31.4. The molecule has 0 saturated carbocycles. The zero-order valence-electron chi connectivity index (χ0n) is 23.2. The zero-order valence-corrected chi connectivity index (χ0v) is 23.2. The first-order valence-electron chi connectivity index (χ1n) is 14.0. The predicted molar refractivity (Wildman–Crippen MR) is 154 cm³/mol. The second-order valence-electron chi connectivity index (χ2n) is 10.8. The van der Waals surface area contributed by atoms with E-state index >= 15 is 0 Å². The summed E-state index contributed by atoms with van der Waals surface area (Å²) in [4.78, 5) is 13.9. The van der Waals surface area contributed by atoms with Crippen molar-refractivity contribution >= 4 is 5.78 Å². The van der Waals surface area contributed by atoms with Crippen molar-refractivity contribution in [3.63, 3.8) is 0 Å². The topological polar surface area (TPSA) is 63.2 Å². The van der Waals surface area contributed by atoms with Crippen LogP contribution in [-0.4, -0.2) is 42.8 Å². The normalized spacial score (nSPS) is 23.3. The summed E-state index contributed by atoms with van der Waals surface area (Å²) in [5.74, 6) is -1.10. The fourth-order valence-corrected chi connectivity index (χ4v) is 5.74. The summed E-state index contributed by atoms with van der Waals surface area (Å²) in [5.41, 5.74) is 2.73. The Hall–Kier alpha value is -3.65. The van der Waals surface area contributed by atoms with Crippen LogP contribution in [0.3, 0.4) is 0 Å². The Morgan fingerprint density at radius 1 is 0.707 bits per heavy atom. The third-order valence-electron chi connectivity index (χ3n) is 7.56. The number of ketones is 1. The molecule has 1 unspecified atom stereocenters. The number of hydrogen-bond acceptors (Lipinski definition) is 6. The van der Waals surface area contributed by atoms with E-state index < -0.39 is 36.0 Å². The Balaban J connectivity index is 1.28. The van der Waals surface area contributed by atoms with Gasteiger partial charge in [-0.15, -0.1) is 0 Å². The molecule has 0 radical (unpaired) electrons. The van der Waals surface area contributed by atoms with Crippen LogP contribution in [0.25, 0.3) is 0 Å². The highest BCUT2D eigenvalue weighted by Gasteiger charge is 2.58. The van der Waals surface area contributed by atoms with Gasteiger partial charge in [0.2, 0.25) is 0 Å². The Bertz CT molecular complexity index is 1330. The van der Waals surface area contributed by atoms with Gasteiger partial charge in [0, 0.05) is 0 Å². The number of carbonyl (C=O) groups excluding carboxylic acids is 1. The molecule has 6 nitrogen and oxygen atoms in total. The molecular formula is C35H34O6. The van der Waals surface area contributed by atoms with Gasteiger partial charge in [-0.2, -0.15) is 0 Å². The molecule has 2 aliphatic heterocycles. The molecule has 6 heteroatoms. The average molecular weight is 551 g/mol. The van der Waals surface area contributed by atoms with E-state index in [2.05, 4.69) is 0 Å². The second-order valence-corrected chi connectivity index (χ2v) is 10.8. The maximum atomic E-state index is 13.9. The number of ether oxygens (including phenoxy) is 5. The summed E-state index contributed by atoms with van der Waals surface area (Å²) in [5, 5.41) is 0. The third kappa shape index (κ3) is 5.62. The van der Waals surface area contributed by atoms with Crippen LogP contribution < -0.4 is 0 Å². The number of hydrogen-bond donors (Lipinski definition) is 0. The minimum Gasteiger partial charge on any atom is -0.353 e. The SMILES string of the molecule is CC1(C)OC2[C@@H](C(=O)COC(c3ccccc3)(c3ccccc3)c3ccccc3)O[C@H](OCc3ccccc3)[C@@H]2O1. The predicted octanol–water partition coefficient (Wildman–Crippen LogP) is 6.03. The molecule has 4 aromatic carbocycles. The lowest BCUT2D eigenvalue weighted by molar-refractivity contribution is -0.235. The molecule has 4 atom stereocenters. The minimum atomic E-state index is -1.02. The molecule has 0 aliphatic carbocycles. The number of rotatable bonds is 10. The van der Waals surface area contributed by atoms with Crippen LogP contribution in [0.2, 0.25) is 0 Å². The second kappa shape index (κ2) is 11.7. The lowest BCUT2D eigenvalue weighted by Crippen LogP contribution is -2.41. The molecule has 210 valence electrons. The van der Waals surface area contributed by atoms with Crippen molar-refractivity contribution in [3.05, 3.63) is 144 Å². The van der Waals surface area contributed by atoms with Gasteiger partial charge >= 0.3 is 0 Å². The smallest absolute Gasteiger partial charge is 0.190 e. The summed E-state index contributed by atoms with van der Waals surface area (Å²) in [7, 11) is 0. The van der Waals surface area contributed by atoms with Gasteiger partial charge in [-0.1, -0.05) is 121 Å². The molecular weight excluding hydrogens is 516 g/mol. The molecule has 0 amide bonds. The summed E-state index contributed by atoms with van der Waals surface area (Å²) in [6, 6.07) is 39.8. The van der Waals surface area contributed by atoms with Crippen LogP contribution in [-0.2, 0) is 40.7 Å². The Labute approximate surface area is 240 Å². The van der Waals surface area contributed by atoms with E-state index in [1.54, 1.807) is 0 Å². The van der Waals surface area contributed by atoms with Gasteiger partial charge < -0.3 is 23.7 Å². The molecule has 0 bridgehead atoms. The molecule has 0 spiro atoms. The van der Waals surface area contributed by atoms with Gasteiger partial charge in [-0.3, -0.25) is 4.79 Å². The van der Waals surface area contributed by atoms with Gasteiger partial charge in [0.1, 0.15) is 24.4 Å². The van der Waals surface area contributed by atoms with Crippen LogP contribution in [0.15, 0.2) is 121 Å². The van der Waals surface area contributed by atoms with E-state index in [0.717, 1.165) is 22.3 Å². The van der Waals surface area contributed by atoms with Crippen molar-refractivity contribution in [1.29, 1.82) is 0 Å². The maximum Gasteiger partial charge on any atom is 0.190 e. The summed E-state index contributed by atoms with van der Waals surface area (Å²) >= 11 is 0. The van der Waals surface area contributed by atoms with E-state index in [9.17, 15) is 4.79 Å². The third-order valence-corrected chi connectivity index (χ3v) is 7.56. The van der Waals surface area contributed by atoms with E-state index in [1.807, 2.05) is 135 Å². The largest absolute Gasteiger partial charge is 0.353 e. The van der Waals surface area contributed by atoms with Gasteiger partial charge in [-0.05, 0) is 36.1 Å². The number of fused-ring (bicyclic) bond motifs is 1. The Kier molecular flexibility index (Phi) is 7.84. The van der Waals surface area contributed by atoms with Crippen molar-refractivity contribution in [1.82, 2.24) is 0 Å². The summed E-state index contributed by atoms with van der Waals surface area (Å²) in [6.07, 6.45) is -2.80. The van der Waals surface area contributed by atoms with Gasteiger partial charge in [0.05, 0.1) is 6.61 Å². The van der Waals surface area contributed by atoms with Crippen molar-refractivity contribution in [2.75, 3.05) is 6.61 Å². The maximum absolute atomic E-state index is 13.9. The molecule has 2 fully saturated rings. The lowest BCUT2D eigenvalue weighted by atomic mass is 9.80. The quantitative estimate of drug-likeness (QED) is 0.225. The Morgan fingerprint density at radius 2 is 1.17 bits per heavy atom. The first-order valence-corrected chi connectivity index (χ1v) is 14.0. The molecule has 2 aliphatic rings. The van der Waals surface area contributed by atoms with Gasteiger partial charge in [-0.25, -0.2) is 0 Å². The number of benzene rings is 4. The zero-order chi connectivity index (χ0) is 28.3. The van der Waals surface area contributed by atoms with Gasteiger partial charge in [0.15, 0.2) is 24.0 Å². The number of Topliss-reactive ketones (excluding diaryl/α,β-unsaturated/α-hetero) is 1. The summed E-state index contributed by atoms with van der Waals surface area (Å²) in [6.45, 7) is 3.79. The fourth-order valence-electron chi connectivity index (χ4n) is 5.74. The van der Waals surface area contributed by atoms with E-state index in [1.165, 1.54) is 0 Å². The van der Waals surface area contributed by atoms with Crippen molar-refractivity contribution in [3.8, 4) is 0 Å². The van der Waals surface area contributed by atoms with Crippen LogP contribution in [0.5, 0.6) is 0 Å². The van der Waals surface area contributed by atoms with E-state index in [-0.39, 0.29) is 12.4 Å². The number of carbonyl (C=O) groups is 1. The van der Waals surface area contributed by atoms with Crippen LogP contribution >= 0.6 is 0 Å². The van der Waals surface area contributed by atoms with Crippen LogP contribution in [0.4, 0.5) is 0 Å². The highest BCUT2D eigenvalue weighted by Crippen LogP contribution is 2.42. The van der Waals surface area contributed by atoms with Crippen molar-refractivity contribution in [2.45, 2.75) is 56.4 Å². The standard InChI is InChI=1S/C35H34O6/c1-34(2)40-31-30(39-33(32(31)41-34)37-23-25-15-7-3-8-16-25)29(36)24-38-35(26-17-9-4-10-18-26,27-19-11-5-12-20-27)28-21-13-6-14-22-28/h3-22,30-33H,23-24H2,1-2H3/t30-,31?,32-,33+/m1/s1. The molecule has 0 aromatic heterocycles. The fraction of sp³-hybridized carbons (Fsp3) is 0.286. The van der Waals surface area contributed by atoms with Crippen LogP contribution in [0.1, 0.15) is 36.1 Å². The highest BCUT2D eigenvalue weighted by atomic mass is 16.8. The lowest BCUT2D eigenvalue weighted by Gasteiger charge is -2.36. The molecule has 41 heavy (non-hydrogen) atoms. The first kappa shape index (κ1) is 27.5. The first-order chi connectivity index (χ1) is 20.0. The highest BCUT2D eigenvalue weighted by molar-refractivity contribution is 5.85. The average Bonchev–Trinajstić information content (AvgIpc) is 3.51. The molecule has 0 N–H and O–H groups in total. The van der Waals surface area contributed by atoms with E-state index in [4.69, 9.17) is 23.7 Å². The Morgan fingerprint density at radius 3 is 1.68 bits per heavy atom. The minimum absolute atomic E-state index is 0.207. The molecule has 4 aromatic rings. The molecule has 2 saturated heterocycles. The van der Waals surface area contributed by atoms with Gasteiger partial charge in [0.25, 0.3) is 0 Å². The monoisotopic (exact) mass is 550 g/mol. The van der Waals surface area contributed by atoms with Crippen LogP contribution in [0, 0.1) is 0 Å².